The molecule has 0 saturated heterocycles. The molecule has 0 saturated carbocycles. The Bertz CT molecular complexity index is 2830. The molecular weight excluding hydrogens is 711 g/mol. The normalized spacial score (nSPS) is 18.2. The smallest absolute Gasteiger partial charge is 0.230 e. The van der Waals surface area contributed by atoms with Crippen LogP contribution in [0.25, 0.3) is 55.5 Å². The van der Waals surface area contributed by atoms with E-state index in [1.54, 1.807) is 0 Å². The lowest BCUT2D eigenvalue weighted by Crippen LogP contribution is -2.15. The molecular formula is C54H43NO3. The minimum absolute atomic E-state index is 0.228. The molecule has 2 bridgehead atoms. The van der Waals surface area contributed by atoms with E-state index in [2.05, 4.69) is 146 Å². The molecule has 282 valence electrons. The Hall–Kier alpha value is -6.91. The first kappa shape index (κ1) is 35.5. The molecule has 0 fully saturated rings. The van der Waals surface area contributed by atoms with Gasteiger partial charge < -0.3 is 14.2 Å². The number of nitrogens with one attached hydrogen (secondary N) is 1. The summed E-state index contributed by atoms with van der Waals surface area (Å²) in [6, 6.07) is 38.0. The summed E-state index contributed by atoms with van der Waals surface area (Å²) < 4.78 is 18.1. The predicted molar refractivity (Wildman–Crippen MR) is 241 cm³/mol. The Labute approximate surface area is 339 Å². The summed E-state index contributed by atoms with van der Waals surface area (Å²) in [5.74, 6) is 2.58. The lowest BCUT2D eigenvalue weighted by atomic mass is 9.82. The van der Waals surface area contributed by atoms with E-state index in [0.29, 0.717) is 12.3 Å². The second-order valence-electron chi connectivity index (χ2n) is 15.0. The van der Waals surface area contributed by atoms with Crippen molar-refractivity contribution in [2.75, 3.05) is 13.4 Å². The fraction of sp³-hybridized carbons (Fsp3) is 0.130. The van der Waals surface area contributed by atoms with Crippen LogP contribution in [0.2, 0.25) is 0 Å². The molecule has 1 N–H and O–H groups in total. The molecule has 0 amide bonds. The molecule has 58 heavy (non-hydrogen) atoms. The van der Waals surface area contributed by atoms with E-state index in [-0.39, 0.29) is 6.79 Å². The highest BCUT2D eigenvalue weighted by Gasteiger charge is 2.26. The first-order valence-electron chi connectivity index (χ1n) is 20.3. The predicted octanol–water partition coefficient (Wildman–Crippen LogP) is 13.7. The van der Waals surface area contributed by atoms with Crippen molar-refractivity contribution < 1.29 is 14.2 Å². The van der Waals surface area contributed by atoms with Crippen molar-refractivity contribution in [3.05, 3.63) is 197 Å². The minimum Gasteiger partial charge on any atom is -0.493 e. The van der Waals surface area contributed by atoms with E-state index in [4.69, 9.17) is 19.6 Å². The highest BCUT2D eigenvalue weighted by Crippen LogP contribution is 2.46. The third-order valence-electron chi connectivity index (χ3n) is 11.6. The zero-order chi connectivity index (χ0) is 38.8. The number of benzene rings is 6. The van der Waals surface area contributed by atoms with Gasteiger partial charge in [0, 0.05) is 21.9 Å². The Morgan fingerprint density at radius 1 is 0.431 bits per heavy atom. The number of fused-ring (bicyclic) bond motifs is 1. The van der Waals surface area contributed by atoms with E-state index >= 15 is 0 Å². The Morgan fingerprint density at radius 3 is 1.69 bits per heavy atom. The van der Waals surface area contributed by atoms with Gasteiger partial charge in [-0.1, -0.05) is 152 Å². The number of hydrogen-bond acceptors (Lipinski definition) is 4. The van der Waals surface area contributed by atoms with Gasteiger partial charge in [-0.05, 0) is 111 Å². The molecule has 0 radical (unpaired) electrons. The Kier molecular flexibility index (Phi) is 9.52. The summed E-state index contributed by atoms with van der Waals surface area (Å²) in [6.07, 6.45) is 27.3. The average molecular weight is 754 g/mol. The molecule has 4 nitrogen and oxygen atoms in total. The molecule has 3 aliphatic carbocycles. The average Bonchev–Trinajstić information content (AvgIpc) is 3.48. The van der Waals surface area contributed by atoms with Gasteiger partial charge in [0.15, 0.2) is 0 Å². The molecule has 0 aromatic heterocycles. The van der Waals surface area contributed by atoms with Gasteiger partial charge in [-0.3, -0.25) is 5.41 Å². The minimum atomic E-state index is 0.228. The van der Waals surface area contributed by atoms with Crippen LogP contribution in [0.5, 0.6) is 17.2 Å². The van der Waals surface area contributed by atoms with Gasteiger partial charge in [0.05, 0.1) is 12.3 Å². The molecule has 6 aromatic rings. The van der Waals surface area contributed by atoms with Crippen LogP contribution in [-0.2, 0) is 0 Å². The molecule has 0 unspecified atom stereocenters. The maximum Gasteiger partial charge on any atom is 0.230 e. The summed E-state index contributed by atoms with van der Waals surface area (Å²) in [7, 11) is 0. The molecule has 2 aliphatic heterocycles. The van der Waals surface area contributed by atoms with Crippen LogP contribution in [0.3, 0.4) is 0 Å². The van der Waals surface area contributed by atoms with Crippen LogP contribution >= 0.6 is 0 Å². The third-order valence-corrected chi connectivity index (χ3v) is 11.6. The number of rotatable bonds is 4. The van der Waals surface area contributed by atoms with Crippen LogP contribution in [0, 0.1) is 5.41 Å². The van der Waals surface area contributed by atoms with Crippen molar-refractivity contribution in [3.63, 3.8) is 0 Å². The van der Waals surface area contributed by atoms with Crippen LogP contribution < -0.4 is 14.2 Å². The lowest BCUT2D eigenvalue weighted by molar-refractivity contribution is 0.125. The highest BCUT2D eigenvalue weighted by atomic mass is 16.7. The fourth-order valence-electron chi connectivity index (χ4n) is 8.78. The van der Waals surface area contributed by atoms with Gasteiger partial charge in [0.2, 0.25) is 6.79 Å². The number of allylic oxidation sites excluding steroid dienone is 12. The van der Waals surface area contributed by atoms with E-state index in [0.717, 1.165) is 88.0 Å². The maximum absolute atomic E-state index is 9.10. The van der Waals surface area contributed by atoms with E-state index in [9.17, 15) is 0 Å². The maximum atomic E-state index is 9.10. The lowest BCUT2D eigenvalue weighted by Gasteiger charge is -2.24. The van der Waals surface area contributed by atoms with Gasteiger partial charge in [-0.15, -0.1) is 0 Å². The van der Waals surface area contributed by atoms with Crippen molar-refractivity contribution in [1.29, 1.82) is 5.41 Å². The third kappa shape index (κ3) is 6.51. The summed E-state index contributed by atoms with van der Waals surface area (Å²) in [4.78, 5) is 0. The first-order chi connectivity index (χ1) is 28.7. The van der Waals surface area contributed by atoms with E-state index < -0.39 is 0 Å². The Morgan fingerprint density at radius 2 is 1.02 bits per heavy atom. The second kappa shape index (κ2) is 15.6. The fourth-order valence-corrected chi connectivity index (χ4v) is 8.78. The molecule has 0 atom stereocenters. The first-order valence-corrected chi connectivity index (χ1v) is 20.3. The van der Waals surface area contributed by atoms with Gasteiger partial charge in [-0.25, -0.2) is 0 Å². The van der Waals surface area contributed by atoms with Gasteiger partial charge in [0.25, 0.3) is 0 Å². The monoisotopic (exact) mass is 753 g/mol. The second-order valence-corrected chi connectivity index (χ2v) is 15.0. The van der Waals surface area contributed by atoms with Crippen LogP contribution in [0.4, 0.5) is 0 Å². The van der Waals surface area contributed by atoms with Crippen LogP contribution in [0.15, 0.2) is 169 Å². The standard InChI is InChI=1S/C27H23NO.C27H20O2/c28-27-24-15-14-23-22(20-11-5-2-6-12-20)16-17-25(26(23)27)29-18-8-7-13-21(24)19-9-3-1-4-10-19;1-3-7-18(8-4-1)20-13-15-24-26-22(20)11-12-23-21(19-9-5-2-6-10-19)14-16-25(27(23)26)29-17-28-24/h1,3-5,7,9-17,28H,2,6,8,18H2;1,3-5,7-16H,2,6,17H2/b13-7-,24-21+,28-27?;. The molecule has 5 aliphatic rings. The SMILES string of the molecule is C1=CC(c2ccc3c4c2ccc2c(-c5ccccc5)ccc(c24)OCO3)=CCC1.N=C1/C2=C(c3ccccc3)\C=C/CCOc3ccc(C4=CCCC=C4)c(c31)C=C2. The number of hydrogen-bond donors (Lipinski definition) is 1. The zero-order valence-electron chi connectivity index (χ0n) is 32.3. The highest BCUT2D eigenvalue weighted by molar-refractivity contribution is 6.23. The summed E-state index contributed by atoms with van der Waals surface area (Å²) >= 11 is 0. The van der Waals surface area contributed by atoms with Crippen LogP contribution in [-0.4, -0.2) is 19.1 Å². The van der Waals surface area contributed by atoms with Crippen molar-refractivity contribution in [2.24, 2.45) is 0 Å². The van der Waals surface area contributed by atoms with Crippen molar-refractivity contribution in [3.8, 4) is 28.4 Å². The molecule has 11 rings (SSSR count). The topological polar surface area (TPSA) is 51.5 Å². The van der Waals surface area contributed by atoms with E-state index in [1.807, 2.05) is 24.3 Å². The zero-order valence-corrected chi connectivity index (χ0v) is 32.3. The Balaban J connectivity index is 0.000000141. The number of ether oxygens (including phenoxy) is 3. The summed E-state index contributed by atoms with van der Waals surface area (Å²) in [5, 5.41) is 13.8. The van der Waals surface area contributed by atoms with Gasteiger partial charge in [-0.2, -0.15) is 0 Å². The van der Waals surface area contributed by atoms with E-state index in [1.165, 1.54) is 44.2 Å². The van der Waals surface area contributed by atoms with Gasteiger partial charge >= 0.3 is 0 Å². The van der Waals surface area contributed by atoms with Crippen molar-refractivity contribution in [2.45, 2.75) is 32.1 Å². The van der Waals surface area contributed by atoms with Crippen molar-refractivity contribution >= 4 is 50.1 Å². The molecule has 4 heteroatoms. The molecule has 6 aromatic carbocycles. The van der Waals surface area contributed by atoms with Crippen LogP contribution in [0.1, 0.15) is 59.9 Å². The summed E-state index contributed by atoms with van der Waals surface area (Å²) in [6.45, 7) is 0.838. The summed E-state index contributed by atoms with van der Waals surface area (Å²) in [5.41, 5.74) is 13.1. The quantitative estimate of drug-likeness (QED) is 0.182. The molecule has 0 spiro atoms. The largest absolute Gasteiger partial charge is 0.493 e. The van der Waals surface area contributed by atoms with Gasteiger partial charge in [0.1, 0.15) is 17.2 Å². The molecule has 2 heterocycles. The van der Waals surface area contributed by atoms with Crippen molar-refractivity contribution in [1.82, 2.24) is 0 Å².